The lowest BCUT2D eigenvalue weighted by atomic mass is 9.87. The average Bonchev–Trinajstić information content (AvgIpc) is 3.65. The van der Waals surface area contributed by atoms with Crippen LogP contribution in [0.15, 0.2) is 36.0 Å². The van der Waals surface area contributed by atoms with Crippen LogP contribution in [0.4, 0.5) is 0 Å². The van der Waals surface area contributed by atoms with Crippen LogP contribution in [-0.4, -0.2) is 86.9 Å². The summed E-state index contributed by atoms with van der Waals surface area (Å²) in [5, 5.41) is 3.01. The van der Waals surface area contributed by atoms with E-state index in [2.05, 4.69) is 18.3 Å². The minimum absolute atomic E-state index is 0.0243. The molecule has 1 N–H and O–H groups in total. The maximum absolute atomic E-state index is 12.4. The van der Waals surface area contributed by atoms with E-state index in [-0.39, 0.29) is 60.8 Å². The first-order valence-corrected chi connectivity index (χ1v) is 14.0. The number of amides is 1. The summed E-state index contributed by atoms with van der Waals surface area (Å²) in [5.41, 5.74) is 0.646. The quantitative estimate of drug-likeness (QED) is 0.175. The molecule has 224 valence electrons. The Morgan fingerprint density at radius 3 is 2.48 bits per heavy atom. The lowest BCUT2D eigenvalue weighted by molar-refractivity contribution is -0.162. The number of ether oxygens (including phenoxy) is 6. The van der Waals surface area contributed by atoms with Gasteiger partial charge in [-0.2, -0.15) is 0 Å². The van der Waals surface area contributed by atoms with E-state index in [0.717, 1.165) is 18.4 Å². The number of carbonyl (C=O) groups excluding carboxylic acids is 3. The number of rotatable bonds is 11. The predicted octanol–water partition coefficient (Wildman–Crippen LogP) is 3.19. The average molecular weight is 564 g/mol. The number of epoxide rings is 1. The molecule has 1 amide bonds. The molecule has 1 spiro atoms. The first kappa shape index (κ1) is 32.0. The van der Waals surface area contributed by atoms with Crippen molar-refractivity contribution in [2.45, 2.75) is 109 Å². The van der Waals surface area contributed by atoms with E-state index in [1.165, 1.54) is 20.1 Å². The third kappa shape index (κ3) is 8.99. The van der Waals surface area contributed by atoms with Gasteiger partial charge in [0.25, 0.3) is 0 Å². The zero-order valence-corrected chi connectivity index (χ0v) is 24.7. The highest BCUT2D eigenvalue weighted by molar-refractivity contribution is 5.87. The Morgan fingerprint density at radius 1 is 1.12 bits per heavy atom. The smallest absolute Gasteiger partial charge is 0.308 e. The van der Waals surface area contributed by atoms with Crippen LogP contribution in [0.5, 0.6) is 0 Å². The molecule has 9 atom stereocenters. The summed E-state index contributed by atoms with van der Waals surface area (Å²) >= 11 is 0. The second-order valence-corrected chi connectivity index (χ2v) is 11.1. The van der Waals surface area contributed by atoms with Crippen LogP contribution >= 0.6 is 0 Å². The molecule has 3 aliphatic rings. The summed E-state index contributed by atoms with van der Waals surface area (Å²) < 4.78 is 33.8. The van der Waals surface area contributed by atoms with Gasteiger partial charge in [0.05, 0.1) is 44.5 Å². The SMILES string of the molecule is COC(=O)C[C@@H]1C[C@@]2(CO2)C(OC)C(/C=C/C(C)=C/C[C@@H]2O[C@H](C)C(NC(=O)/C=C\C(C)OC(C)=O)C[C@@H]2C)O1. The van der Waals surface area contributed by atoms with Crippen molar-refractivity contribution in [1.82, 2.24) is 5.32 Å². The molecule has 3 heterocycles. The largest absolute Gasteiger partial charge is 0.469 e. The number of hydrogen-bond donors (Lipinski definition) is 1. The number of carbonyl (C=O) groups is 3. The van der Waals surface area contributed by atoms with E-state index < -0.39 is 17.7 Å². The lowest BCUT2D eigenvalue weighted by Gasteiger charge is -2.39. The molecule has 3 fully saturated rings. The molecule has 40 heavy (non-hydrogen) atoms. The highest BCUT2D eigenvalue weighted by Crippen LogP contribution is 2.44. The monoisotopic (exact) mass is 563 g/mol. The summed E-state index contributed by atoms with van der Waals surface area (Å²) in [5.74, 6) is -0.696. The Hall–Kier alpha value is -2.53. The van der Waals surface area contributed by atoms with Crippen molar-refractivity contribution >= 4 is 17.8 Å². The van der Waals surface area contributed by atoms with Crippen LogP contribution < -0.4 is 5.32 Å². The number of esters is 2. The van der Waals surface area contributed by atoms with Gasteiger partial charge in [0.1, 0.15) is 23.9 Å². The van der Waals surface area contributed by atoms with Crippen molar-refractivity contribution in [3.8, 4) is 0 Å². The Labute approximate surface area is 237 Å². The Balaban J connectivity index is 1.52. The van der Waals surface area contributed by atoms with Gasteiger partial charge in [0, 0.05) is 26.5 Å². The zero-order valence-electron chi connectivity index (χ0n) is 24.7. The molecule has 10 nitrogen and oxygen atoms in total. The van der Waals surface area contributed by atoms with Gasteiger partial charge in [0.2, 0.25) is 5.91 Å². The molecule has 3 aliphatic heterocycles. The van der Waals surface area contributed by atoms with Crippen LogP contribution in [0.1, 0.15) is 60.3 Å². The third-order valence-corrected chi connectivity index (χ3v) is 7.77. The summed E-state index contributed by atoms with van der Waals surface area (Å²) in [6.07, 6.45) is 9.91. The van der Waals surface area contributed by atoms with Gasteiger partial charge in [-0.15, -0.1) is 0 Å². The number of methoxy groups -OCH3 is 2. The summed E-state index contributed by atoms with van der Waals surface area (Å²) in [6.45, 7) is 9.75. The fraction of sp³-hybridized carbons (Fsp3) is 0.700. The van der Waals surface area contributed by atoms with Crippen LogP contribution in [-0.2, 0) is 42.8 Å². The molecule has 0 aromatic carbocycles. The van der Waals surface area contributed by atoms with Gasteiger partial charge in [-0.3, -0.25) is 14.4 Å². The van der Waals surface area contributed by atoms with Crippen molar-refractivity contribution in [2.24, 2.45) is 5.92 Å². The molecule has 0 radical (unpaired) electrons. The maximum atomic E-state index is 12.4. The van der Waals surface area contributed by atoms with E-state index in [0.29, 0.717) is 13.0 Å². The van der Waals surface area contributed by atoms with Gasteiger partial charge in [-0.05, 0) is 45.6 Å². The van der Waals surface area contributed by atoms with Crippen molar-refractivity contribution in [2.75, 3.05) is 20.8 Å². The fourth-order valence-electron chi connectivity index (χ4n) is 5.49. The fourth-order valence-corrected chi connectivity index (χ4v) is 5.49. The zero-order chi connectivity index (χ0) is 29.4. The molecule has 0 aromatic rings. The molecule has 0 saturated carbocycles. The molecule has 0 aliphatic carbocycles. The second-order valence-electron chi connectivity index (χ2n) is 11.1. The number of nitrogens with one attached hydrogen (secondary N) is 1. The Kier molecular flexibility index (Phi) is 11.5. The van der Waals surface area contributed by atoms with Crippen LogP contribution in [0.25, 0.3) is 0 Å². The number of hydrogen-bond acceptors (Lipinski definition) is 9. The molecule has 3 rings (SSSR count). The third-order valence-electron chi connectivity index (χ3n) is 7.77. The highest BCUT2D eigenvalue weighted by Gasteiger charge is 2.59. The van der Waals surface area contributed by atoms with E-state index >= 15 is 0 Å². The summed E-state index contributed by atoms with van der Waals surface area (Å²) in [7, 11) is 3.03. The molecular weight excluding hydrogens is 518 g/mol. The second kappa shape index (κ2) is 14.4. The highest BCUT2D eigenvalue weighted by atomic mass is 16.6. The van der Waals surface area contributed by atoms with Crippen molar-refractivity contribution in [1.29, 1.82) is 0 Å². The van der Waals surface area contributed by atoms with E-state index in [1.807, 2.05) is 26.0 Å². The van der Waals surface area contributed by atoms with Gasteiger partial charge in [0.15, 0.2) is 0 Å². The Bertz CT molecular complexity index is 986. The first-order chi connectivity index (χ1) is 19.0. The minimum atomic E-state index is -0.467. The molecule has 0 aromatic heterocycles. The van der Waals surface area contributed by atoms with E-state index in [9.17, 15) is 14.4 Å². The Morgan fingerprint density at radius 2 is 1.85 bits per heavy atom. The maximum Gasteiger partial charge on any atom is 0.308 e. The topological polar surface area (TPSA) is 122 Å². The molecule has 4 unspecified atom stereocenters. The summed E-state index contributed by atoms with van der Waals surface area (Å²) in [4.78, 5) is 35.2. The molecule has 3 saturated heterocycles. The predicted molar refractivity (Wildman–Crippen MR) is 147 cm³/mol. The molecular formula is C30H45NO9. The van der Waals surface area contributed by atoms with Crippen molar-refractivity contribution < 1.29 is 42.8 Å². The van der Waals surface area contributed by atoms with Crippen LogP contribution in [0.2, 0.25) is 0 Å². The van der Waals surface area contributed by atoms with Gasteiger partial charge in [-0.25, -0.2) is 0 Å². The normalized spacial score (nSPS) is 35.1. The van der Waals surface area contributed by atoms with E-state index in [4.69, 9.17) is 28.4 Å². The standard InChI is InChI=1S/C30H45NO9/c1-18(9-12-26-29(36-7)30(17-37-30)16-23(40-26)15-28(34)35-6)8-11-25-19(2)14-24(21(4)39-25)31-27(33)13-10-20(3)38-22(5)32/h8-10,12-13,19-21,23-26,29H,11,14-17H2,1-7H3,(H,31,33)/b12-9+,13-10-,18-8+/t19-,20?,21+,23+,24?,25-,26?,29?,30+/m0/s1. The van der Waals surface area contributed by atoms with Crippen molar-refractivity contribution in [3.63, 3.8) is 0 Å². The van der Waals surface area contributed by atoms with Gasteiger partial charge >= 0.3 is 11.9 Å². The van der Waals surface area contributed by atoms with Gasteiger partial charge in [-0.1, -0.05) is 30.7 Å². The van der Waals surface area contributed by atoms with E-state index in [1.54, 1.807) is 20.1 Å². The van der Waals surface area contributed by atoms with Crippen LogP contribution in [0.3, 0.4) is 0 Å². The number of allylic oxidation sites excluding steroid dienone is 2. The van der Waals surface area contributed by atoms with Crippen molar-refractivity contribution in [3.05, 3.63) is 36.0 Å². The first-order valence-electron chi connectivity index (χ1n) is 14.0. The summed E-state index contributed by atoms with van der Waals surface area (Å²) in [6, 6.07) is -0.110. The van der Waals surface area contributed by atoms with Gasteiger partial charge < -0.3 is 33.7 Å². The minimum Gasteiger partial charge on any atom is -0.469 e. The lowest BCUT2D eigenvalue weighted by Crippen LogP contribution is -2.51. The molecule has 0 bridgehead atoms. The molecule has 10 heteroatoms. The van der Waals surface area contributed by atoms with Crippen LogP contribution in [0, 0.1) is 5.92 Å².